The van der Waals surface area contributed by atoms with Crippen molar-refractivity contribution in [3.8, 4) is 0 Å². The van der Waals surface area contributed by atoms with E-state index in [0.717, 1.165) is 0 Å². The topological polar surface area (TPSA) is 47.0 Å². The standard InChI is InChI=1S/C15H8Cl3NO2S/c16-9-1-4-11(5-2-9)22(20,21)14-8-19-13-6-3-10(17)7-12(13)15(14)18/h1-8H. The van der Waals surface area contributed by atoms with Crippen molar-refractivity contribution in [2.24, 2.45) is 0 Å². The van der Waals surface area contributed by atoms with Gasteiger partial charge in [0.25, 0.3) is 0 Å². The fourth-order valence-corrected chi connectivity index (χ4v) is 4.13. The summed E-state index contributed by atoms with van der Waals surface area (Å²) in [5, 5.41) is 1.50. The van der Waals surface area contributed by atoms with Crippen LogP contribution in [0.3, 0.4) is 0 Å². The number of sulfone groups is 1. The van der Waals surface area contributed by atoms with Crippen LogP contribution in [0.5, 0.6) is 0 Å². The zero-order valence-electron chi connectivity index (χ0n) is 10.9. The number of pyridine rings is 1. The summed E-state index contributed by atoms with van der Waals surface area (Å²) in [6.45, 7) is 0. The van der Waals surface area contributed by atoms with Crippen LogP contribution in [-0.4, -0.2) is 13.4 Å². The predicted molar refractivity (Wildman–Crippen MR) is 88.7 cm³/mol. The summed E-state index contributed by atoms with van der Waals surface area (Å²) in [5.74, 6) is 0. The Bertz CT molecular complexity index is 970. The van der Waals surface area contributed by atoms with Crippen LogP contribution in [0.15, 0.2) is 58.5 Å². The molecule has 0 saturated carbocycles. The third-order valence-electron chi connectivity index (χ3n) is 3.15. The fraction of sp³-hybridized carbons (Fsp3) is 0. The minimum Gasteiger partial charge on any atom is -0.255 e. The zero-order valence-corrected chi connectivity index (χ0v) is 14.0. The van der Waals surface area contributed by atoms with Gasteiger partial charge in [-0.05, 0) is 42.5 Å². The summed E-state index contributed by atoms with van der Waals surface area (Å²) in [7, 11) is -3.79. The molecular formula is C15H8Cl3NO2S. The van der Waals surface area contributed by atoms with E-state index in [2.05, 4.69) is 4.98 Å². The van der Waals surface area contributed by atoms with Crippen LogP contribution in [-0.2, 0) is 9.84 Å². The molecule has 0 aliphatic rings. The van der Waals surface area contributed by atoms with Crippen molar-refractivity contribution in [2.45, 2.75) is 9.79 Å². The maximum absolute atomic E-state index is 12.7. The first-order valence-corrected chi connectivity index (χ1v) is 8.76. The monoisotopic (exact) mass is 371 g/mol. The minimum atomic E-state index is -3.79. The normalized spacial score (nSPS) is 11.8. The summed E-state index contributed by atoms with van der Waals surface area (Å²) in [4.78, 5) is 4.18. The van der Waals surface area contributed by atoms with Crippen LogP contribution in [0, 0.1) is 0 Å². The molecule has 3 rings (SSSR count). The molecule has 0 amide bonds. The molecule has 0 N–H and O–H groups in total. The molecule has 0 saturated heterocycles. The van der Waals surface area contributed by atoms with Gasteiger partial charge in [-0.3, -0.25) is 4.98 Å². The highest BCUT2D eigenvalue weighted by atomic mass is 35.5. The average Bonchev–Trinajstić information content (AvgIpc) is 2.48. The molecule has 1 aromatic heterocycles. The molecule has 0 aliphatic carbocycles. The fourth-order valence-electron chi connectivity index (χ4n) is 2.04. The summed E-state index contributed by atoms with van der Waals surface area (Å²) < 4.78 is 25.4. The number of rotatable bonds is 2. The Hall–Kier alpha value is -1.33. The molecule has 3 nitrogen and oxygen atoms in total. The smallest absolute Gasteiger partial charge is 0.209 e. The molecule has 0 fully saturated rings. The quantitative estimate of drug-likeness (QED) is 0.634. The maximum Gasteiger partial charge on any atom is 0.209 e. The molecule has 0 radical (unpaired) electrons. The summed E-state index contributed by atoms with van der Waals surface area (Å²) in [6.07, 6.45) is 1.25. The maximum atomic E-state index is 12.7. The van der Waals surface area contributed by atoms with E-state index in [0.29, 0.717) is 20.9 Å². The lowest BCUT2D eigenvalue weighted by Crippen LogP contribution is -2.04. The highest BCUT2D eigenvalue weighted by Crippen LogP contribution is 2.33. The third kappa shape index (κ3) is 2.68. The molecule has 0 bridgehead atoms. The van der Waals surface area contributed by atoms with Gasteiger partial charge in [-0.25, -0.2) is 8.42 Å². The van der Waals surface area contributed by atoms with E-state index < -0.39 is 9.84 Å². The van der Waals surface area contributed by atoms with Gasteiger partial charge >= 0.3 is 0 Å². The van der Waals surface area contributed by atoms with Crippen LogP contribution in [0.2, 0.25) is 15.1 Å². The van der Waals surface area contributed by atoms with Gasteiger partial charge in [0, 0.05) is 21.6 Å². The number of hydrogen-bond donors (Lipinski definition) is 0. The molecule has 7 heteroatoms. The number of hydrogen-bond acceptors (Lipinski definition) is 3. The Kier molecular flexibility index (Phi) is 4.03. The summed E-state index contributed by atoms with van der Waals surface area (Å²) >= 11 is 18.0. The molecular weight excluding hydrogens is 365 g/mol. The Morgan fingerprint density at radius 3 is 2.18 bits per heavy atom. The van der Waals surface area contributed by atoms with E-state index in [1.165, 1.54) is 30.5 Å². The van der Waals surface area contributed by atoms with E-state index in [-0.39, 0.29) is 14.8 Å². The largest absolute Gasteiger partial charge is 0.255 e. The zero-order chi connectivity index (χ0) is 15.9. The first kappa shape index (κ1) is 15.6. The second-order valence-electron chi connectivity index (χ2n) is 4.56. The van der Waals surface area contributed by atoms with Gasteiger partial charge in [0.2, 0.25) is 9.84 Å². The molecule has 3 aromatic rings. The molecule has 112 valence electrons. The van der Waals surface area contributed by atoms with Gasteiger partial charge in [0.1, 0.15) is 4.90 Å². The minimum absolute atomic E-state index is 0.0637. The SMILES string of the molecule is O=S(=O)(c1ccc(Cl)cc1)c1cnc2ccc(Cl)cc2c1Cl. The van der Waals surface area contributed by atoms with Crippen molar-refractivity contribution in [3.05, 3.63) is 63.7 Å². The van der Waals surface area contributed by atoms with Gasteiger partial charge < -0.3 is 0 Å². The van der Waals surface area contributed by atoms with Gasteiger partial charge in [0.15, 0.2) is 0 Å². The highest BCUT2D eigenvalue weighted by Gasteiger charge is 2.23. The number of nitrogens with zero attached hydrogens (tertiary/aromatic N) is 1. The van der Waals surface area contributed by atoms with Crippen LogP contribution in [0.4, 0.5) is 0 Å². The lowest BCUT2D eigenvalue weighted by molar-refractivity contribution is 0.596. The van der Waals surface area contributed by atoms with Crippen molar-refractivity contribution >= 4 is 55.5 Å². The highest BCUT2D eigenvalue weighted by molar-refractivity contribution is 7.91. The summed E-state index contributed by atoms with van der Waals surface area (Å²) in [5.41, 5.74) is 0.574. The van der Waals surface area contributed by atoms with Crippen molar-refractivity contribution < 1.29 is 8.42 Å². The molecule has 0 aliphatic heterocycles. The van der Waals surface area contributed by atoms with Crippen molar-refractivity contribution in [1.29, 1.82) is 0 Å². The first-order valence-electron chi connectivity index (χ1n) is 6.14. The van der Waals surface area contributed by atoms with Crippen molar-refractivity contribution in [2.75, 3.05) is 0 Å². The molecule has 0 unspecified atom stereocenters. The van der Waals surface area contributed by atoms with E-state index in [9.17, 15) is 8.42 Å². The Morgan fingerprint density at radius 1 is 0.864 bits per heavy atom. The molecule has 2 aromatic carbocycles. The first-order chi connectivity index (χ1) is 10.4. The van der Waals surface area contributed by atoms with Gasteiger partial charge in [-0.15, -0.1) is 0 Å². The molecule has 0 spiro atoms. The van der Waals surface area contributed by atoms with Crippen LogP contribution in [0.25, 0.3) is 10.9 Å². The van der Waals surface area contributed by atoms with E-state index >= 15 is 0 Å². The Morgan fingerprint density at radius 2 is 1.50 bits per heavy atom. The van der Waals surface area contributed by atoms with Crippen molar-refractivity contribution in [3.63, 3.8) is 0 Å². The average molecular weight is 373 g/mol. The van der Waals surface area contributed by atoms with Gasteiger partial charge in [0.05, 0.1) is 15.4 Å². The number of benzene rings is 2. The summed E-state index contributed by atoms with van der Waals surface area (Å²) in [6, 6.07) is 10.8. The van der Waals surface area contributed by atoms with E-state index in [1.54, 1.807) is 18.2 Å². The van der Waals surface area contributed by atoms with Gasteiger partial charge in [-0.2, -0.15) is 0 Å². The predicted octanol–water partition coefficient (Wildman–Crippen LogP) is 5.03. The number of halogens is 3. The molecule has 22 heavy (non-hydrogen) atoms. The van der Waals surface area contributed by atoms with E-state index in [4.69, 9.17) is 34.8 Å². The molecule has 1 heterocycles. The lowest BCUT2D eigenvalue weighted by atomic mass is 10.2. The van der Waals surface area contributed by atoms with Crippen LogP contribution in [0.1, 0.15) is 0 Å². The van der Waals surface area contributed by atoms with E-state index in [1.807, 2.05) is 0 Å². The number of fused-ring (bicyclic) bond motifs is 1. The Labute approximate surface area is 142 Å². The second-order valence-corrected chi connectivity index (χ2v) is 7.72. The number of aromatic nitrogens is 1. The lowest BCUT2D eigenvalue weighted by Gasteiger charge is -2.09. The molecule has 0 atom stereocenters. The third-order valence-corrected chi connectivity index (χ3v) is 5.93. The van der Waals surface area contributed by atoms with Crippen LogP contribution < -0.4 is 0 Å². The Balaban J connectivity index is 2.25. The van der Waals surface area contributed by atoms with Crippen molar-refractivity contribution in [1.82, 2.24) is 4.98 Å². The van der Waals surface area contributed by atoms with Gasteiger partial charge in [-0.1, -0.05) is 34.8 Å². The van der Waals surface area contributed by atoms with Crippen LogP contribution >= 0.6 is 34.8 Å². The second kappa shape index (κ2) is 5.70.